The number of halogens is 1. The summed E-state index contributed by atoms with van der Waals surface area (Å²) in [7, 11) is 0. The van der Waals surface area contributed by atoms with Gasteiger partial charge in [0.05, 0.1) is 5.69 Å². The molecule has 0 atom stereocenters. The molecule has 2 aromatic rings. The fourth-order valence-electron chi connectivity index (χ4n) is 1.43. The summed E-state index contributed by atoms with van der Waals surface area (Å²) in [5, 5.41) is 6.96. The SMILES string of the molecule is Cc1ccn(CC(=O)Nc2ccc(Br)cc2)n1. The van der Waals surface area contributed by atoms with Gasteiger partial charge in [-0.2, -0.15) is 5.10 Å². The van der Waals surface area contributed by atoms with Gasteiger partial charge in [0.15, 0.2) is 0 Å². The smallest absolute Gasteiger partial charge is 0.246 e. The Bertz CT molecular complexity index is 519. The van der Waals surface area contributed by atoms with E-state index >= 15 is 0 Å². The van der Waals surface area contributed by atoms with E-state index in [1.54, 1.807) is 10.9 Å². The lowest BCUT2D eigenvalue weighted by Crippen LogP contribution is -2.19. The van der Waals surface area contributed by atoms with Crippen LogP contribution in [0.1, 0.15) is 5.69 Å². The Labute approximate surface area is 108 Å². The third-order valence-electron chi connectivity index (χ3n) is 2.21. The number of nitrogens with zero attached hydrogens (tertiary/aromatic N) is 2. The lowest BCUT2D eigenvalue weighted by Gasteiger charge is -2.05. The molecule has 0 saturated carbocycles. The number of amides is 1. The van der Waals surface area contributed by atoms with Gasteiger partial charge < -0.3 is 5.32 Å². The maximum atomic E-state index is 11.7. The monoisotopic (exact) mass is 293 g/mol. The van der Waals surface area contributed by atoms with E-state index in [4.69, 9.17) is 0 Å². The van der Waals surface area contributed by atoms with Crippen molar-refractivity contribution >= 4 is 27.5 Å². The van der Waals surface area contributed by atoms with Crippen LogP contribution in [0.3, 0.4) is 0 Å². The number of aromatic nitrogens is 2. The third-order valence-corrected chi connectivity index (χ3v) is 2.74. The van der Waals surface area contributed by atoms with E-state index < -0.39 is 0 Å². The second kappa shape index (κ2) is 5.14. The van der Waals surface area contributed by atoms with Crippen LogP contribution in [-0.2, 0) is 11.3 Å². The summed E-state index contributed by atoms with van der Waals surface area (Å²) in [4.78, 5) is 11.7. The number of carbonyl (C=O) groups is 1. The molecule has 0 radical (unpaired) electrons. The highest BCUT2D eigenvalue weighted by atomic mass is 79.9. The van der Waals surface area contributed by atoms with Crippen LogP contribution in [0.2, 0.25) is 0 Å². The van der Waals surface area contributed by atoms with E-state index in [9.17, 15) is 4.79 Å². The van der Waals surface area contributed by atoms with Gasteiger partial charge in [-0.25, -0.2) is 0 Å². The number of anilines is 1. The van der Waals surface area contributed by atoms with Crippen molar-refractivity contribution in [2.24, 2.45) is 0 Å². The van der Waals surface area contributed by atoms with E-state index in [1.807, 2.05) is 37.3 Å². The molecule has 88 valence electrons. The summed E-state index contributed by atoms with van der Waals surface area (Å²) in [6.45, 7) is 2.12. The first-order chi connectivity index (χ1) is 8.13. The first kappa shape index (κ1) is 11.9. The first-order valence-corrected chi connectivity index (χ1v) is 5.98. The van der Waals surface area contributed by atoms with Crippen LogP contribution in [0.15, 0.2) is 41.0 Å². The van der Waals surface area contributed by atoms with Crippen LogP contribution in [0.4, 0.5) is 5.69 Å². The first-order valence-electron chi connectivity index (χ1n) is 5.19. The Balaban J connectivity index is 1.95. The number of nitrogens with one attached hydrogen (secondary N) is 1. The summed E-state index contributed by atoms with van der Waals surface area (Å²) in [6, 6.07) is 9.32. The summed E-state index contributed by atoms with van der Waals surface area (Å²) >= 11 is 3.34. The number of carbonyl (C=O) groups excluding carboxylic acids is 1. The van der Waals surface area contributed by atoms with Crippen LogP contribution in [-0.4, -0.2) is 15.7 Å². The van der Waals surface area contributed by atoms with E-state index in [-0.39, 0.29) is 12.5 Å². The molecule has 4 nitrogen and oxygen atoms in total. The zero-order chi connectivity index (χ0) is 12.3. The lowest BCUT2D eigenvalue weighted by atomic mass is 10.3. The summed E-state index contributed by atoms with van der Waals surface area (Å²) < 4.78 is 2.60. The minimum Gasteiger partial charge on any atom is -0.324 e. The second-order valence-corrected chi connectivity index (χ2v) is 4.63. The Morgan fingerprint density at radius 3 is 2.65 bits per heavy atom. The number of benzene rings is 1. The fraction of sp³-hybridized carbons (Fsp3) is 0.167. The van der Waals surface area contributed by atoms with Crippen LogP contribution >= 0.6 is 15.9 Å². The maximum Gasteiger partial charge on any atom is 0.246 e. The average Bonchev–Trinajstić information content (AvgIpc) is 2.67. The normalized spacial score (nSPS) is 10.2. The molecule has 1 aromatic heterocycles. The van der Waals surface area contributed by atoms with Crippen LogP contribution in [0.25, 0.3) is 0 Å². The predicted octanol–water partition coefficient (Wildman–Crippen LogP) is 2.59. The third kappa shape index (κ3) is 3.42. The maximum absolute atomic E-state index is 11.7. The lowest BCUT2D eigenvalue weighted by molar-refractivity contribution is -0.116. The molecule has 0 fully saturated rings. The molecule has 17 heavy (non-hydrogen) atoms. The van der Waals surface area contributed by atoms with E-state index in [0.29, 0.717) is 0 Å². The molecule has 0 spiro atoms. The molecular formula is C12H12BrN3O. The van der Waals surface area contributed by atoms with Gasteiger partial charge in [0.2, 0.25) is 5.91 Å². The molecule has 0 aliphatic rings. The number of rotatable bonds is 3. The van der Waals surface area contributed by atoms with Crippen LogP contribution < -0.4 is 5.32 Å². The second-order valence-electron chi connectivity index (χ2n) is 3.71. The van der Waals surface area contributed by atoms with Gasteiger partial charge in [-0.15, -0.1) is 0 Å². The molecule has 0 unspecified atom stereocenters. The molecule has 1 N–H and O–H groups in total. The topological polar surface area (TPSA) is 46.9 Å². The zero-order valence-electron chi connectivity index (χ0n) is 9.35. The van der Waals surface area contributed by atoms with Gasteiger partial charge in [-0.05, 0) is 37.3 Å². The van der Waals surface area contributed by atoms with Crippen LogP contribution in [0, 0.1) is 6.92 Å². The summed E-state index contributed by atoms with van der Waals surface area (Å²) in [5.74, 6) is -0.0876. The van der Waals surface area contributed by atoms with Crippen molar-refractivity contribution in [3.05, 3.63) is 46.7 Å². The van der Waals surface area contributed by atoms with Crippen molar-refractivity contribution in [3.8, 4) is 0 Å². The highest BCUT2D eigenvalue weighted by molar-refractivity contribution is 9.10. The molecule has 1 amide bonds. The van der Waals surface area contributed by atoms with Crippen molar-refractivity contribution in [2.45, 2.75) is 13.5 Å². The zero-order valence-corrected chi connectivity index (χ0v) is 10.9. The molecule has 5 heteroatoms. The van der Waals surface area contributed by atoms with Crippen molar-refractivity contribution in [2.75, 3.05) is 5.32 Å². The van der Waals surface area contributed by atoms with E-state index in [0.717, 1.165) is 15.9 Å². The van der Waals surface area contributed by atoms with Gasteiger partial charge in [0, 0.05) is 16.4 Å². The van der Waals surface area contributed by atoms with Gasteiger partial charge in [-0.1, -0.05) is 15.9 Å². The molecule has 0 aliphatic heterocycles. The van der Waals surface area contributed by atoms with Crippen molar-refractivity contribution in [1.29, 1.82) is 0 Å². The fourth-order valence-corrected chi connectivity index (χ4v) is 1.70. The highest BCUT2D eigenvalue weighted by Gasteiger charge is 2.04. The molecular weight excluding hydrogens is 282 g/mol. The molecule has 1 heterocycles. The standard InChI is InChI=1S/C12H12BrN3O/c1-9-6-7-16(15-9)8-12(17)14-11-4-2-10(13)3-5-11/h2-7H,8H2,1H3,(H,14,17). The van der Waals surface area contributed by atoms with Crippen molar-refractivity contribution in [3.63, 3.8) is 0 Å². The van der Waals surface area contributed by atoms with Gasteiger partial charge in [0.1, 0.15) is 6.54 Å². The highest BCUT2D eigenvalue weighted by Crippen LogP contribution is 2.13. The molecule has 0 bridgehead atoms. The number of hydrogen-bond acceptors (Lipinski definition) is 2. The predicted molar refractivity (Wildman–Crippen MR) is 69.7 cm³/mol. The van der Waals surface area contributed by atoms with Gasteiger partial charge in [0.25, 0.3) is 0 Å². The quantitative estimate of drug-likeness (QED) is 0.945. The van der Waals surface area contributed by atoms with Crippen molar-refractivity contribution < 1.29 is 4.79 Å². The minimum atomic E-state index is -0.0876. The van der Waals surface area contributed by atoms with Crippen LogP contribution in [0.5, 0.6) is 0 Å². The van der Waals surface area contributed by atoms with Crippen molar-refractivity contribution in [1.82, 2.24) is 9.78 Å². The summed E-state index contributed by atoms with van der Waals surface area (Å²) in [6.07, 6.45) is 1.79. The largest absolute Gasteiger partial charge is 0.324 e. The Morgan fingerprint density at radius 2 is 2.06 bits per heavy atom. The average molecular weight is 294 g/mol. The van der Waals surface area contributed by atoms with E-state index in [1.165, 1.54) is 0 Å². The minimum absolute atomic E-state index is 0.0876. The van der Waals surface area contributed by atoms with Gasteiger partial charge >= 0.3 is 0 Å². The molecule has 0 saturated heterocycles. The molecule has 2 rings (SSSR count). The Hall–Kier alpha value is -1.62. The molecule has 0 aliphatic carbocycles. The van der Waals surface area contributed by atoms with Gasteiger partial charge in [-0.3, -0.25) is 9.48 Å². The summed E-state index contributed by atoms with van der Waals surface area (Å²) in [5.41, 5.74) is 1.68. The number of aryl methyl sites for hydroxylation is 1. The number of hydrogen-bond donors (Lipinski definition) is 1. The molecule has 1 aromatic carbocycles. The Morgan fingerprint density at radius 1 is 1.35 bits per heavy atom. The van der Waals surface area contributed by atoms with E-state index in [2.05, 4.69) is 26.3 Å². The Kier molecular flexibility index (Phi) is 3.58.